The van der Waals surface area contributed by atoms with Crippen molar-refractivity contribution in [3.8, 4) is 0 Å². The summed E-state index contributed by atoms with van der Waals surface area (Å²) in [6.45, 7) is 0. The summed E-state index contributed by atoms with van der Waals surface area (Å²) in [5.41, 5.74) is 0. The summed E-state index contributed by atoms with van der Waals surface area (Å²) in [5.74, 6) is 0.659. The van der Waals surface area contributed by atoms with Crippen LogP contribution in [0.1, 0.15) is 18.7 Å². The van der Waals surface area contributed by atoms with Gasteiger partial charge in [-0.2, -0.15) is 5.10 Å². The third-order valence-electron chi connectivity index (χ3n) is 2.61. The molecule has 0 amide bonds. The van der Waals surface area contributed by atoms with Gasteiger partial charge in [-0.25, -0.2) is 13.4 Å². The van der Waals surface area contributed by atoms with Gasteiger partial charge in [0.15, 0.2) is 0 Å². The van der Waals surface area contributed by atoms with E-state index in [2.05, 4.69) is 10.1 Å². The van der Waals surface area contributed by atoms with Crippen LogP contribution >= 0.6 is 10.7 Å². The molecule has 1 aromatic heterocycles. The van der Waals surface area contributed by atoms with Crippen molar-refractivity contribution in [1.82, 2.24) is 14.8 Å². The highest BCUT2D eigenvalue weighted by Crippen LogP contribution is 2.47. The predicted octanol–water partition coefficient (Wildman–Crippen LogP) is 0.459. The van der Waals surface area contributed by atoms with Crippen molar-refractivity contribution in [3.05, 3.63) is 12.2 Å². The van der Waals surface area contributed by atoms with Crippen LogP contribution in [-0.4, -0.2) is 27.9 Å². The second-order valence-corrected chi connectivity index (χ2v) is 6.56. The van der Waals surface area contributed by atoms with Crippen molar-refractivity contribution in [2.45, 2.75) is 24.0 Å². The maximum atomic E-state index is 11.3. The molecular weight excluding hydrogens is 226 g/mol. The molecule has 78 valence electrons. The largest absolute Gasteiger partial charge is 0.253 e. The highest BCUT2D eigenvalue weighted by atomic mass is 35.7. The van der Waals surface area contributed by atoms with E-state index in [1.807, 2.05) is 0 Å². The van der Waals surface area contributed by atoms with Crippen LogP contribution in [-0.2, 0) is 22.5 Å². The minimum atomic E-state index is -3.49. The lowest BCUT2D eigenvalue weighted by Gasteiger charge is -2.09. The van der Waals surface area contributed by atoms with Gasteiger partial charge in [0, 0.05) is 24.2 Å². The SMILES string of the molecule is Cn1ncnc1CC1(S(=O)(=O)Cl)CC1. The lowest BCUT2D eigenvalue weighted by Crippen LogP contribution is -2.22. The van der Waals surface area contributed by atoms with Gasteiger partial charge >= 0.3 is 0 Å². The van der Waals surface area contributed by atoms with Crippen molar-refractivity contribution >= 4 is 19.7 Å². The molecule has 0 bridgehead atoms. The Hall–Kier alpha value is -0.620. The zero-order chi connectivity index (χ0) is 10.4. The molecule has 1 heterocycles. The summed E-state index contributed by atoms with van der Waals surface area (Å²) in [6.07, 6.45) is 3.00. The van der Waals surface area contributed by atoms with E-state index >= 15 is 0 Å². The number of rotatable bonds is 3. The van der Waals surface area contributed by atoms with Gasteiger partial charge in [-0.15, -0.1) is 0 Å². The van der Waals surface area contributed by atoms with Crippen LogP contribution in [0.25, 0.3) is 0 Å². The third-order valence-corrected chi connectivity index (χ3v) is 5.18. The van der Waals surface area contributed by atoms with Gasteiger partial charge in [0.25, 0.3) is 0 Å². The van der Waals surface area contributed by atoms with E-state index in [0.717, 1.165) is 0 Å². The van der Waals surface area contributed by atoms with Gasteiger partial charge in [-0.3, -0.25) is 4.68 Å². The molecule has 1 fully saturated rings. The van der Waals surface area contributed by atoms with Gasteiger partial charge in [0.05, 0.1) is 4.75 Å². The van der Waals surface area contributed by atoms with Crippen molar-refractivity contribution in [1.29, 1.82) is 0 Å². The fourth-order valence-corrected chi connectivity index (χ4v) is 2.93. The topological polar surface area (TPSA) is 64.8 Å². The Balaban J connectivity index is 2.25. The van der Waals surface area contributed by atoms with Crippen LogP contribution in [0, 0.1) is 0 Å². The molecule has 0 unspecified atom stereocenters. The first-order valence-electron chi connectivity index (χ1n) is 4.22. The molecule has 1 aliphatic rings. The van der Waals surface area contributed by atoms with Crippen molar-refractivity contribution < 1.29 is 8.42 Å². The number of nitrogens with zero attached hydrogens (tertiary/aromatic N) is 3. The molecule has 0 radical (unpaired) electrons. The Bertz CT molecular complexity index is 449. The van der Waals surface area contributed by atoms with Crippen molar-refractivity contribution in [3.63, 3.8) is 0 Å². The number of hydrogen-bond acceptors (Lipinski definition) is 4. The van der Waals surface area contributed by atoms with Gasteiger partial charge < -0.3 is 0 Å². The van der Waals surface area contributed by atoms with E-state index in [4.69, 9.17) is 10.7 Å². The second kappa shape index (κ2) is 2.93. The first kappa shape index (κ1) is 9.92. The molecule has 1 aliphatic carbocycles. The molecule has 1 saturated carbocycles. The molecular formula is C7H10ClN3O2S. The summed E-state index contributed by atoms with van der Waals surface area (Å²) < 4.78 is 23.3. The van der Waals surface area contributed by atoms with E-state index < -0.39 is 13.8 Å². The van der Waals surface area contributed by atoms with Crippen LogP contribution in [0.3, 0.4) is 0 Å². The summed E-state index contributed by atoms with van der Waals surface area (Å²) in [6, 6.07) is 0. The van der Waals surface area contributed by atoms with E-state index in [1.54, 1.807) is 11.7 Å². The Morgan fingerprint density at radius 2 is 2.29 bits per heavy atom. The van der Waals surface area contributed by atoms with E-state index in [1.165, 1.54) is 6.33 Å². The van der Waals surface area contributed by atoms with Crippen LogP contribution < -0.4 is 0 Å². The maximum Gasteiger partial charge on any atom is 0.238 e. The Morgan fingerprint density at radius 1 is 1.64 bits per heavy atom. The number of halogens is 1. The summed E-state index contributed by atoms with van der Waals surface area (Å²) in [5, 5.41) is 3.88. The van der Waals surface area contributed by atoms with Crippen LogP contribution in [0.15, 0.2) is 6.33 Å². The molecule has 5 nitrogen and oxygen atoms in total. The molecule has 1 aromatic rings. The molecule has 2 rings (SSSR count). The molecule has 0 aliphatic heterocycles. The minimum Gasteiger partial charge on any atom is -0.253 e. The second-order valence-electron chi connectivity index (χ2n) is 3.60. The molecule has 0 atom stereocenters. The fourth-order valence-electron chi connectivity index (χ4n) is 1.41. The van der Waals surface area contributed by atoms with Crippen molar-refractivity contribution in [2.75, 3.05) is 0 Å². The smallest absolute Gasteiger partial charge is 0.238 e. The average Bonchev–Trinajstić information content (AvgIpc) is 2.73. The highest BCUT2D eigenvalue weighted by Gasteiger charge is 2.54. The van der Waals surface area contributed by atoms with Gasteiger partial charge in [0.2, 0.25) is 9.05 Å². The first-order chi connectivity index (χ1) is 6.45. The minimum absolute atomic E-state index is 0.356. The summed E-state index contributed by atoms with van der Waals surface area (Å²) in [7, 11) is 3.61. The molecule has 0 saturated heterocycles. The zero-order valence-electron chi connectivity index (χ0n) is 7.64. The average molecular weight is 236 g/mol. The molecule has 7 heteroatoms. The number of aryl methyl sites for hydroxylation is 1. The lowest BCUT2D eigenvalue weighted by molar-refractivity contribution is 0.582. The number of hydrogen-bond donors (Lipinski definition) is 0. The van der Waals surface area contributed by atoms with Gasteiger partial charge in [-0.05, 0) is 12.8 Å². The standard InChI is InChI=1S/C7H10ClN3O2S/c1-11-6(9-5-10-11)4-7(2-3-7)14(8,12)13/h5H,2-4H2,1H3. The number of aromatic nitrogens is 3. The maximum absolute atomic E-state index is 11.3. The Labute approximate surface area is 86.5 Å². The quantitative estimate of drug-likeness (QED) is 0.714. The van der Waals surface area contributed by atoms with Crippen molar-refractivity contribution in [2.24, 2.45) is 7.05 Å². The Morgan fingerprint density at radius 3 is 2.64 bits per heavy atom. The zero-order valence-corrected chi connectivity index (χ0v) is 9.22. The van der Waals surface area contributed by atoms with E-state index in [-0.39, 0.29) is 0 Å². The van der Waals surface area contributed by atoms with Crippen LogP contribution in [0.2, 0.25) is 0 Å². The third kappa shape index (κ3) is 1.52. The van der Waals surface area contributed by atoms with E-state index in [9.17, 15) is 8.42 Å². The Kier molecular flexibility index (Phi) is 2.08. The first-order valence-corrected chi connectivity index (χ1v) is 6.53. The summed E-state index contributed by atoms with van der Waals surface area (Å²) >= 11 is 0. The van der Waals surface area contributed by atoms with Crippen LogP contribution in [0.4, 0.5) is 0 Å². The predicted molar refractivity (Wildman–Crippen MR) is 51.4 cm³/mol. The summed E-state index contributed by atoms with van der Waals surface area (Å²) in [4.78, 5) is 3.98. The lowest BCUT2D eigenvalue weighted by atomic mass is 10.3. The fraction of sp³-hybridized carbons (Fsp3) is 0.714. The van der Waals surface area contributed by atoms with Crippen LogP contribution in [0.5, 0.6) is 0 Å². The van der Waals surface area contributed by atoms with Gasteiger partial charge in [-0.1, -0.05) is 0 Å². The monoisotopic (exact) mass is 235 g/mol. The normalized spacial score (nSPS) is 19.6. The molecule has 0 spiro atoms. The molecule has 14 heavy (non-hydrogen) atoms. The molecule has 0 aromatic carbocycles. The highest BCUT2D eigenvalue weighted by molar-refractivity contribution is 8.15. The van der Waals surface area contributed by atoms with Gasteiger partial charge in [0.1, 0.15) is 12.2 Å². The molecule has 0 N–H and O–H groups in total. The van der Waals surface area contributed by atoms with E-state index in [0.29, 0.717) is 25.1 Å².